The van der Waals surface area contributed by atoms with E-state index in [1.165, 1.54) is 0 Å². The van der Waals surface area contributed by atoms with Gasteiger partial charge in [0.05, 0.1) is 0 Å². The van der Waals surface area contributed by atoms with Gasteiger partial charge in [0.2, 0.25) is 5.91 Å². The van der Waals surface area contributed by atoms with E-state index < -0.39 is 12.0 Å². The van der Waals surface area contributed by atoms with Crippen molar-refractivity contribution in [3.05, 3.63) is 25.3 Å². The van der Waals surface area contributed by atoms with Crippen LogP contribution in [-0.2, 0) is 9.59 Å². The summed E-state index contributed by atoms with van der Waals surface area (Å²) in [5.41, 5.74) is 0. The van der Waals surface area contributed by atoms with Gasteiger partial charge in [0.15, 0.2) is 0 Å². The number of nitrogens with one attached hydrogen (secondary N) is 1. The van der Waals surface area contributed by atoms with E-state index in [-0.39, 0.29) is 11.8 Å². The molecule has 1 atom stereocenters. The maximum Gasteiger partial charge on any atom is 0.326 e. The molecule has 0 aromatic rings. The molecule has 0 aliphatic carbocycles. The first kappa shape index (κ1) is 16.4. The van der Waals surface area contributed by atoms with E-state index in [1.807, 2.05) is 6.92 Å². The molecular formula is C14H23NO3. The average molecular weight is 253 g/mol. The highest BCUT2D eigenvalue weighted by Crippen LogP contribution is 2.11. The lowest BCUT2D eigenvalue weighted by atomic mass is 9.99. The Labute approximate surface area is 109 Å². The van der Waals surface area contributed by atoms with Gasteiger partial charge < -0.3 is 10.4 Å². The molecule has 4 nitrogen and oxygen atoms in total. The lowest BCUT2D eigenvalue weighted by molar-refractivity contribution is -0.142. The molecule has 0 aliphatic heterocycles. The Kier molecular flexibility index (Phi) is 8.62. The van der Waals surface area contributed by atoms with Gasteiger partial charge in [-0.3, -0.25) is 4.79 Å². The van der Waals surface area contributed by atoms with E-state index in [4.69, 9.17) is 5.11 Å². The summed E-state index contributed by atoms with van der Waals surface area (Å²) in [6.45, 7) is 9.18. The summed E-state index contributed by atoms with van der Waals surface area (Å²) in [7, 11) is 0. The number of unbranched alkanes of at least 4 members (excludes halogenated alkanes) is 1. The molecule has 0 fully saturated rings. The molecule has 0 unspecified atom stereocenters. The second-order valence-electron chi connectivity index (χ2n) is 4.29. The number of carbonyl (C=O) groups excluding carboxylic acids is 1. The van der Waals surface area contributed by atoms with Crippen LogP contribution in [0.5, 0.6) is 0 Å². The van der Waals surface area contributed by atoms with E-state index in [0.29, 0.717) is 19.3 Å². The van der Waals surface area contributed by atoms with Crippen molar-refractivity contribution < 1.29 is 14.7 Å². The molecule has 4 heteroatoms. The smallest absolute Gasteiger partial charge is 0.326 e. The van der Waals surface area contributed by atoms with Crippen molar-refractivity contribution in [1.82, 2.24) is 5.32 Å². The summed E-state index contributed by atoms with van der Waals surface area (Å²) >= 11 is 0. The molecule has 0 aromatic heterocycles. The second-order valence-corrected chi connectivity index (χ2v) is 4.29. The Balaban J connectivity index is 4.48. The van der Waals surface area contributed by atoms with Crippen LogP contribution in [0.1, 0.15) is 39.0 Å². The van der Waals surface area contributed by atoms with Crippen LogP contribution in [-0.4, -0.2) is 23.0 Å². The largest absolute Gasteiger partial charge is 0.480 e. The third kappa shape index (κ3) is 6.23. The lowest BCUT2D eigenvalue weighted by Gasteiger charge is -2.18. The van der Waals surface area contributed by atoms with Gasteiger partial charge in [0.25, 0.3) is 0 Å². The van der Waals surface area contributed by atoms with Crippen LogP contribution in [0.25, 0.3) is 0 Å². The Morgan fingerprint density at radius 3 is 2.22 bits per heavy atom. The summed E-state index contributed by atoms with van der Waals surface area (Å²) in [5.74, 6) is -1.49. The van der Waals surface area contributed by atoms with Gasteiger partial charge in [-0.25, -0.2) is 4.79 Å². The predicted molar refractivity (Wildman–Crippen MR) is 72.2 cm³/mol. The highest BCUT2D eigenvalue weighted by Gasteiger charge is 2.23. The molecule has 0 radical (unpaired) electrons. The van der Waals surface area contributed by atoms with Crippen LogP contribution in [0, 0.1) is 5.92 Å². The van der Waals surface area contributed by atoms with Gasteiger partial charge in [0.1, 0.15) is 6.04 Å². The van der Waals surface area contributed by atoms with E-state index in [9.17, 15) is 9.59 Å². The van der Waals surface area contributed by atoms with Crippen molar-refractivity contribution in [2.75, 3.05) is 0 Å². The number of amides is 1. The minimum absolute atomic E-state index is 0.238. The normalized spacial score (nSPS) is 11.9. The van der Waals surface area contributed by atoms with Crippen LogP contribution in [0.4, 0.5) is 0 Å². The summed E-state index contributed by atoms with van der Waals surface area (Å²) < 4.78 is 0. The molecule has 0 heterocycles. The highest BCUT2D eigenvalue weighted by atomic mass is 16.4. The van der Waals surface area contributed by atoms with Crippen molar-refractivity contribution in [3.63, 3.8) is 0 Å². The van der Waals surface area contributed by atoms with Crippen molar-refractivity contribution in [1.29, 1.82) is 0 Å². The van der Waals surface area contributed by atoms with Gasteiger partial charge in [-0.1, -0.05) is 31.9 Å². The van der Waals surface area contributed by atoms with Crippen LogP contribution in [0.3, 0.4) is 0 Å². The Morgan fingerprint density at radius 1 is 1.28 bits per heavy atom. The minimum atomic E-state index is -0.979. The average Bonchev–Trinajstić information content (AvgIpc) is 2.33. The third-order valence-electron chi connectivity index (χ3n) is 2.73. The van der Waals surface area contributed by atoms with Crippen molar-refractivity contribution >= 4 is 11.9 Å². The van der Waals surface area contributed by atoms with Gasteiger partial charge in [0, 0.05) is 5.92 Å². The lowest BCUT2D eigenvalue weighted by Crippen LogP contribution is -2.43. The maximum atomic E-state index is 11.9. The summed E-state index contributed by atoms with van der Waals surface area (Å²) in [4.78, 5) is 23.0. The zero-order valence-electron chi connectivity index (χ0n) is 11.0. The molecule has 102 valence electrons. The molecule has 0 saturated heterocycles. The first-order valence-electron chi connectivity index (χ1n) is 6.31. The molecule has 0 aliphatic rings. The molecule has 1 amide bonds. The zero-order valence-corrected chi connectivity index (χ0v) is 11.0. The molecule has 0 spiro atoms. The van der Waals surface area contributed by atoms with Gasteiger partial charge >= 0.3 is 5.97 Å². The van der Waals surface area contributed by atoms with Crippen molar-refractivity contribution in [2.24, 2.45) is 5.92 Å². The Hall–Kier alpha value is -1.58. The number of hydrogen-bond donors (Lipinski definition) is 2. The second kappa shape index (κ2) is 9.45. The van der Waals surface area contributed by atoms with E-state index in [1.54, 1.807) is 12.2 Å². The SMILES string of the molecule is C=CCC(CC=C)C(=O)N[C@@H](CCCC)C(=O)O. The quantitative estimate of drug-likeness (QED) is 0.588. The van der Waals surface area contributed by atoms with Crippen LogP contribution >= 0.6 is 0 Å². The summed E-state index contributed by atoms with van der Waals surface area (Å²) in [6, 6.07) is -0.797. The van der Waals surface area contributed by atoms with Gasteiger partial charge in [-0.2, -0.15) is 0 Å². The molecule has 18 heavy (non-hydrogen) atoms. The number of rotatable bonds is 10. The van der Waals surface area contributed by atoms with Crippen LogP contribution in [0.15, 0.2) is 25.3 Å². The number of carbonyl (C=O) groups is 2. The zero-order chi connectivity index (χ0) is 14.0. The van der Waals surface area contributed by atoms with Gasteiger partial charge in [-0.15, -0.1) is 13.2 Å². The molecule has 0 rings (SSSR count). The number of allylic oxidation sites excluding steroid dienone is 2. The maximum absolute atomic E-state index is 11.9. The first-order valence-corrected chi connectivity index (χ1v) is 6.31. The van der Waals surface area contributed by atoms with Gasteiger partial charge in [-0.05, 0) is 19.3 Å². The Bertz CT molecular complexity index is 289. The van der Waals surface area contributed by atoms with E-state index in [0.717, 1.165) is 12.8 Å². The van der Waals surface area contributed by atoms with E-state index >= 15 is 0 Å². The number of carboxylic acid groups (broad SMARTS) is 1. The third-order valence-corrected chi connectivity index (χ3v) is 2.73. The number of carboxylic acids is 1. The van der Waals surface area contributed by atoms with Crippen LogP contribution < -0.4 is 5.32 Å². The first-order chi connectivity index (χ1) is 8.56. The number of aliphatic carboxylic acids is 1. The van der Waals surface area contributed by atoms with Crippen molar-refractivity contribution in [2.45, 2.75) is 45.1 Å². The fraction of sp³-hybridized carbons (Fsp3) is 0.571. The molecular weight excluding hydrogens is 230 g/mol. The topological polar surface area (TPSA) is 66.4 Å². The van der Waals surface area contributed by atoms with E-state index in [2.05, 4.69) is 18.5 Å². The summed E-state index contributed by atoms with van der Waals surface area (Å²) in [6.07, 6.45) is 6.53. The monoisotopic (exact) mass is 253 g/mol. The molecule has 2 N–H and O–H groups in total. The molecule has 0 saturated carbocycles. The minimum Gasteiger partial charge on any atom is -0.480 e. The van der Waals surface area contributed by atoms with Crippen molar-refractivity contribution in [3.8, 4) is 0 Å². The van der Waals surface area contributed by atoms with Crippen LogP contribution in [0.2, 0.25) is 0 Å². The Morgan fingerprint density at radius 2 is 1.83 bits per heavy atom. The standard InChI is InChI=1S/C14H23NO3/c1-4-7-10-12(14(17)18)15-13(16)11(8-5-2)9-6-3/h5-6,11-12H,2-4,7-10H2,1H3,(H,15,16)(H,17,18)/t12-/m0/s1. The highest BCUT2D eigenvalue weighted by molar-refractivity contribution is 5.85. The molecule has 0 aromatic carbocycles. The fourth-order valence-electron chi connectivity index (χ4n) is 1.67. The fourth-order valence-corrected chi connectivity index (χ4v) is 1.67. The number of hydrogen-bond acceptors (Lipinski definition) is 2. The molecule has 0 bridgehead atoms. The predicted octanol–water partition coefficient (Wildman–Crippen LogP) is 2.51. The summed E-state index contributed by atoms with van der Waals surface area (Å²) in [5, 5.41) is 11.6.